The Balaban J connectivity index is 0.769. The number of piperidine rings is 2. The van der Waals surface area contributed by atoms with E-state index in [1.54, 1.807) is 24.3 Å². The molecule has 3 aromatic rings. The van der Waals surface area contributed by atoms with Gasteiger partial charge in [0.15, 0.2) is 0 Å². The normalized spacial score (nSPS) is 23.1. The Labute approximate surface area is 339 Å². The number of hydrogen-bond donors (Lipinski definition) is 2. The highest BCUT2D eigenvalue weighted by molar-refractivity contribution is 6.05. The summed E-state index contributed by atoms with van der Waals surface area (Å²) in [4.78, 5) is 68.4. The van der Waals surface area contributed by atoms with Crippen LogP contribution in [0.1, 0.15) is 61.0 Å². The molecular formula is C43H52N10O5. The minimum atomic E-state index is -0.602. The number of pyridine rings is 1. The van der Waals surface area contributed by atoms with Gasteiger partial charge in [-0.05, 0) is 87.1 Å². The van der Waals surface area contributed by atoms with E-state index in [1.807, 2.05) is 48.2 Å². The number of nitrogens with one attached hydrogen (secondary N) is 2. The third kappa shape index (κ3) is 7.98. The van der Waals surface area contributed by atoms with Gasteiger partial charge in [0.25, 0.3) is 5.91 Å². The fourth-order valence-electron chi connectivity index (χ4n) is 9.22. The van der Waals surface area contributed by atoms with E-state index in [-0.39, 0.29) is 42.3 Å². The zero-order valence-corrected chi connectivity index (χ0v) is 33.5. The Bertz CT molecular complexity index is 2090. The first kappa shape index (κ1) is 39.0. The molecule has 0 radical (unpaired) electrons. The van der Waals surface area contributed by atoms with Gasteiger partial charge < -0.3 is 34.6 Å². The van der Waals surface area contributed by atoms with Crippen molar-refractivity contribution >= 4 is 46.6 Å². The summed E-state index contributed by atoms with van der Waals surface area (Å²) in [6, 6.07) is 17.0. The maximum atomic E-state index is 13.4. The lowest BCUT2D eigenvalue weighted by atomic mass is 9.96. The summed E-state index contributed by atoms with van der Waals surface area (Å²) in [7, 11) is 1.57. The number of piperazine rings is 2. The van der Waals surface area contributed by atoms with E-state index in [0.29, 0.717) is 54.5 Å². The van der Waals surface area contributed by atoms with Crippen molar-refractivity contribution < 1.29 is 23.9 Å². The summed E-state index contributed by atoms with van der Waals surface area (Å²) in [6.07, 6.45) is 4.56. The van der Waals surface area contributed by atoms with Crippen LogP contribution in [0.15, 0.2) is 54.7 Å². The van der Waals surface area contributed by atoms with Crippen molar-refractivity contribution in [1.82, 2.24) is 25.0 Å². The zero-order chi connectivity index (χ0) is 40.5. The number of fused-ring (bicyclic) bond motifs is 1. The van der Waals surface area contributed by atoms with E-state index in [9.17, 15) is 24.4 Å². The van der Waals surface area contributed by atoms with Crippen molar-refractivity contribution in [2.75, 3.05) is 86.0 Å². The van der Waals surface area contributed by atoms with Gasteiger partial charge in [-0.15, -0.1) is 0 Å². The average Bonchev–Trinajstić information content (AvgIpc) is 3.56. The highest BCUT2D eigenvalue weighted by Crippen LogP contribution is 2.33. The second-order valence-corrected chi connectivity index (χ2v) is 16.3. The first-order valence-corrected chi connectivity index (χ1v) is 20.5. The Morgan fingerprint density at radius 2 is 1.67 bits per heavy atom. The molecular weight excluding hydrogens is 737 g/mol. The molecule has 0 spiro atoms. The highest BCUT2D eigenvalue weighted by Gasteiger charge is 2.39. The maximum absolute atomic E-state index is 13.4. The van der Waals surface area contributed by atoms with Crippen LogP contribution < -0.4 is 30.1 Å². The van der Waals surface area contributed by atoms with E-state index in [4.69, 9.17) is 9.72 Å². The van der Waals surface area contributed by atoms with E-state index >= 15 is 0 Å². The zero-order valence-electron chi connectivity index (χ0n) is 33.5. The van der Waals surface area contributed by atoms with Crippen LogP contribution in [0, 0.1) is 17.2 Å². The number of carbonyl (C=O) groups is 4. The predicted octanol–water partition coefficient (Wildman–Crippen LogP) is 3.89. The lowest BCUT2D eigenvalue weighted by Crippen LogP contribution is -2.59. The monoisotopic (exact) mass is 788 g/mol. The van der Waals surface area contributed by atoms with Crippen LogP contribution in [-0.4, -0.2) is 128 Å². The molecule has 2 N–H and O–H groups in total. The summed E-state index contributed by atoms with van der Waals surface area (Å²) in [6.45, 7) is 12.5. The van der Waals surface area contributed by atoms with Crippen molar-refractivity contribution in [2.45, 2.75) is 64.2 Å². The van der Waals surface area contributed by atoms with Crippen LogP contribution in [0.3, 0.4) is 0 Å². The van der Waals surface area contributed by atoms with Crippen LogP contribution in [0.2, 0.25) is 0 Å². The van der Waals surface area contributed by atoms with Gasteiger partial charge in [0.05, 0.1) is 24.6 Å². The third-order valence-electron chi connectivity index (χ3n) is 12.6. The number of nitrogens with zero attached hydrogens (tertiary/aromatic N) is 8. The highest BCUT2D eigenvalue weighted by atomic mass is 16.5. The van der Waals surface area contributed by atoms with E-state index in [2.05, 4.69) is 49.3 Å². The molecule has 5 aliphatic rings. The van der Waals surface area contributed by atoms with Crippen molar-refractivity contribution in [3.8, 4) is 11.8 Å². The molecule has 15 heteroatoms. The van der Waals surface area contributed by atoms with Crippen molar-refractivity contribution in [3.63, 3.8) is 0 Å². The second kappa shape index (κ2) is 16.5. The third-order valence-corrected chi connectivity index (χ3v) is 12.6. The van der Waals surface area contributed by atoms with Crippen LogP contribution in [0.4, 0.5) is 27.7 Å². The van der Waals surface area contributed by atoms with E-state index in [0.717, 1.165) is 81.4 Å². The van der Waals surface area contributed by atoms with Gasteiger partial charge in [0.2, 0.25) is 11.8 Å². The number of rotatable bonds is 8. The molecule has 58 heavy (non-hydrogen) atoms. The minimum Gasteiger partial charge on any atom is -0.495 e. The van der Waals surface area contributed by atoms with Crippen LogP contribution in [0.5, 0.6) is 5.75 Å². The Morgan fingerprint density at radius 3 is 2.38 bits per heavy atom. The summed E-state index contributed by atoms with van der Waals surface area (Å²) >= 11 is 0. The van der Waals surface area contributed by atoms with Gasteiger partial charge in [-0.25, -0.2) is 9.78 Å². The molecule has 0 bridgehead atoms. The number of benzene rings is 2. The topological polar surface area (TPSA) is 158 Å². The number of ether oxygens (including phenoxy) is 1. The number of hydrogen-bond acceptors (Lipinski definition) is 11. The molecule has 4 fully saturated rings. The first-order valence-electron chi connectivity index (χ1n) is 20.5. The average molecular weight is 789 g/mol. The molecule has 1 unspecified atom stereocenters. The molecule has 15 nitrogen and oxygen atoms in total. The summed E-state index contributed by atoms with van der Waals surface area (Å²) in [5.74, 6) is 1.29. The van der Waals surface area contributed by atoms with Crippen LogP contribution in [0.25, 0.3) is 0 Å². The number of carbonyl (C=O) groups excluding carboxylic acids is 4. The SMILES string of the molecule is COc1cc(N2C[C@@H](C)N(C(=O)Nc3ccc(N4CCC(CN5CCN(c6ccc7c(c6)CN(C6CCC(=O)NC6=O)C7=O)CC5)CC4)nc3)C[C@@H]2C)ccc1C#N. The Kier molecular flexibility index (Phi) is 11.1. The summed E-state index contributed by atoms with van der Waals surface area (Å²) in [5.41, 5.74) is 4.82. The number of imide groups is 1. The largest absolute Gasteiger partial charge is 0.495 e. The molecule has 5 aliphatic heterocycles. The number of methoxy groups -OCH3 is 1. The molecule has 0 saturated carbocycles. The molecule has 3 atom stereocenters. The summed E-state index contributed by atoms with van der Waals surface area (Å²) < 4.78 is 5.42. The van der Waals surface area contributed by atoms with Crippen molar-refractivity contribution in [1.29, 1.82) is 5.26 Å². The molecule has 2 aromatic carbocycles. The number of aromatic nitrogens is 1. The van der Waals surface area contributed by atoms with Crippen molar-refractivity contribution in [2.24, 2.45) is 5.92 Å². The second-order valence-electron chi connectivity index (χ2n) is 16.3. The number of urea groups is 1. The fraction of sp³-hybridized carbons (Fsp3) is 0.488. The minimum absolute atomic E-state index is 0.0327. The van der Waals surface area contributed by atoms with Gasteiger partial charge >= 0.3 is 6.03 Å². The van der Waals surface area contributed by atoms with E-state index in [1.165, 1.54) is 0 Å². The number of amides is 5. The lowest BCUT2D eigenvalue weighted by Gasteiger charge is -2.45. The molecule has 1 aromatic heterocycles. The Hall–Kier alpha value is -5.88. The Morgan fingerprint density at radius 1 is 0.897 bits per heavy atom. The fourth-order valence-corrected chi connectivity index (χ4v) is 9.22. The standard InChI is InChI=1S/C43H52N10O5/c1-28-25-52(29(2)24-51(28)35-6-4-31(22-44)38(21-35)58-3)43(57)46-33-5-10-39(45-23-33)50-14-12-30(13-15-50)26-48-16-18-49(19-17-48)34-7-8-36-32(20-34)27-53(42(36)56)37-9-11-40(54)47-41(37)55/h4-8,10,20-21,23,28-30,37H,9,11-19,24-27H2,1-3H3,(H,46,57)(H,47,54,55)/t28-,29+,37?/m0/s1. The molecule has 8 rings (SSSR count). The molecule has 5 amide bonds. The smallest absolute Gasteiger partial charge is 0.322 e. The molecule has 0 aliphatic carbocycles. The van der Waals surface area contributed by atoms with Gasteiger partial charge in [0.1, 0.15) is 23.7 Å². The van der Waals surface area contributed by atoms with Crippen molar-refractivity contribution in [3.05, 3.63) is 71.4 Å². The van der Waals surface area contributed by atoms with Crippen LogP contribution >= 0.6 is 0 Å². The summed E-state index contributed by atoms with van der Waals surface area (Å²) in [5, 5.41) is 14.8. The quantitative estimate of drug-likeness (QED) is 0.319. The van der Waals surface area contributed by atoms with Gasteiger partial charge in [-0.3, -0.25) is 24.6 Å². The lowest BCUT2D eigenvalue weighted by molar-refractivity contribution is -0.136. The molecule has 6 heterocycles. The van der Waals surface area contributed by atoms with Gasteiger partial charge in [-0.2, -0.15) is 5.26 Å². The van der Waals surface area contributed by atoms with Crippen LogP contribution in [-0.2, 0) is 16.1 Å². The maximum Gasteiger partial charge on any atom is 0.322 e. The number of nitriles is 1. The van der Waals surface area contributed by atoms with Gasteiger partial charge in [0, 0.05) is 107 Å². The first-order chi connectivity index (χ1) is 28.1. The molecule has 4 saturated heterocycles. The molecule has 304 valence electrons. The number of anilines is 4. The predicted molar refractivity (Wildman–Crippen MR) is 220 cm³/mol. The van der Waals surface area contributed by atoms with Gasteiger partial charge in [-0.1, -0.05) is 0 Å². The van der Waals surface area contributed by atoms with E-state index < -0.39 is 6.04 Å².